The predicted molar refractivity (Wildman–Crippen MR) is 81.5 cm³/mol. The molecule has 0 saturated carbocycles. The highest BCUT2D eigenvalue weighted by molar-refractivity contribution is 4.95. The predicted octanol–water partition coefficient (Wildman–Crippen LogP) is 5.06. The Morgan fingerprint density at radius 1 is 0.882 bits per heavy atom. The van der Waals surface area contributed by atoms with E-state index in [4.69, 9.17) is 0 Å². The second kappa shape index (κ2) is 7.41. The first-order valence-electron chi connectivity index (χ1n) is 7.24. The molecular weight excluding hydrogens is 206 g/mol. The van der Waals surface area contributed by atoms with Crippen molar-refractivity contribution in [2.75, 3.05) is 13.6 Å². The Hall–Kier alpha value is -0.0400. The van der Waals surface area contributed by atoms with Crippen molar-refractivity contribution < 1.29 is 0 Å². The van der Waals surface area contributed by atoms with Gasteiger partial charge in [-0.25, -0.2) is 0 Å². The van der Waals surface area contributed by atoms with Crippen molar-refractivity contribution in [1.82, 2.24) is 4.90 Å². The van der Waals surface area contributed by atoms with E-state index in [0.717, 1.165) is 5.92 Å². The highest BCUT2D eigenvalue weighted by Gasteiger charge is 2.42. The van der Waals surface area contributed by atoms with Crippen LogP contribution in [0.15, 0.2) is 0 Å². The van der Waals surface area contributed by atoms with Crippen LogP contribution in [0.25, 0.3) is 0 Å². The van der Waals surface area contributed by atoms with Gasteiger partial charge in [0, 0.05) is 12.1 Å². The first-order chi connectivity index (χ1) is 7.53. The van der Waals surface area contributed by atoms with Crippen molar-refractivity contribution in [3.05, 3.63) is 0 Å². The van der Waals surface area contributed by atoms with Crippen molar-refractivity contribution in [2.45, 2.75) is 74.8 Å². The monoisotopic (exact) mass is 243 g/mol. The van der Waals surface area contributed by atoms with Crippen LogP contribution in [0.4, 0.5) is 0 Å². The highest BCUT2D eigenvalue weighted by Crippen LogP contribution is 2.41. The summed E-state index contributed by atoms with van der Waals surface area (Å²) in [6.45, 7) is 23.9. The molecule has 0 aromatic carbocycles. The summed E-state index contributed by atoms with van der Waals surface area (Å²) in [6, 6.07) is 0. The Morgan fingerprint density at radius 2 is 1.24 bits per heavy atom. The van der Waals surface area contributed by atoms with E-state index in [0.29, 0.717) is 11.3 Å². The molecular formula is C16H37N. The van der Waals surface area contributed by atoms with Crippen molar-refractivity contribution in [3.63, 3.8) is 0 Å². The van der Waals surface area contributed by atoms with E-state index in [1.165, 1.54) is 6.54 Å². The Balaban J connectivity index is 0. The molecule has 0 saturated heterocycles. The molecule has 0 aliphatic heterocycles. The van der Waals surface area contributed by atoms with Gasteiger partial charge in [-0.15, -0.1) is 0 Å². The average molecular weight is 243 g/mol. The molecule has 0 heterocycles. The topological polar surface area (TPSA) is 3.24 Å². The molecule has 17 heavy (non-hydrogen) atoms. The summed E-state index contributed by atoms with van der Waals surface area (Å²) in [5.74, 6) is 1.43. The third-order valence-corrected chi connectivity index (χ3v) is 4.61. The van der Waals surface area contributed by atoms with E-state index in [-0.39, 0.29) is 5.54 Å². The lowest BCUT2D eigenvalue weighted by molar-refractivity contribution is -0.00714. The van der Waals surface area contributed by atoms with Gasteiger partial charge in [-0.05, 0) is 38.1 Å². The van der Waals surface area contributed by atoms with Gasteiger partial charge in [0.05, 0.1) is 0 Å². The standard InChI is InChI=1S/C14H31N.C2H6/c1-11(2)10-15(9)14(7,8)13(5,6)12(3)4;1-2/h11-12H,10H2,1-9H3;1-2H3. The molecule has 0 atom stereocenters. The zero-order valence-corrected chi connectivity index (χ0v) is 14.3. The number of rotatable bonds is 5. The van der Waals surface area contributed by atoms with E-state index in [1.807, 2.05) is 13.8 Å². The minimum absolute atomic E-state index is 0.242. The summed E-state index contributed by atoms with van der Waals surface area (Å²) in [7, 11) is 2.25. The summed E-state index contributed by atoms with van der Waals surface area (Å²) in [6.07, 6.45) is 0. The van der Waals surface area contributed by atoms with E-state index in [1.54, 1.807) is 0 Å². The minimum Gasteiger partial charge on any atom is -0.300 e. The largest absolute Gasteiger partial charge is 0.300 e. The van der Waals surface area contributed by atoms with Crippen LogP contribution in [0.5, 0.6) is 0 Å². The van der Waals surface area contributed by atoms with Crippen LogP contribution in [0.1, 0.15) is 69.2 Å². The van der Waals surface area contributed by atoms with Crippen LogP contribution < -0.4 is 0 Å². The van der Waals surface area contributed by atoms with Gasteiger partial charge < -0.3 is 4.90 Å². The van der Waals surface area contributed by atoms with E-state index in [9.17, 15) is 0 Å². The van der Waals surface area contributed by atoms with Crippen molar-refractivity contribution >= 4 is 0 Å². The van der Waals surface area contributed by atoms with Crippen molar-refractivity contribution in [2.24, 2.45) is 17.3 Å². The lowest BCUT2D eigenvalue weighted by atomic mass is 9.66. The fraction of sp³-hybridized carbons (Fsp3) is 1.00. The number of hydrogen-bond donors (Lipinski definition) is 0. The van der Waals surface area contributed by atoms with Gasteiger partial charge in [0.2, 0.25) is 0 Å². The second-order valence-electron chi connectivity index (χ2n) is 6.71. The van der Waals surface area contributed by atoms with Crippen LogP contribution >= 0.6 is 0 Å². The molecule has 0 rings (SSSR count). The number of hydrogen-bond acceptors (Lipinski definition) is 1. The summed E-state index contributed by atoms with van der Waals surface area (Å²) >= 11 is 0. The lowest BCUT2D eigenvalue weighted by Crippen LogP contribution is -2.55. The third-order valence-electron chi connectivity index (χ3n) is 4.61. The van der Waals surface area contributed by atoms with E-state index < -0.39 is 0 Å². The Bertz CT molecular complexity index is 190. The summed E-state index contributed by atoms with van der Waals surface area (Å²) in [5, 5.41) is 0. The second-order valence-corrected chi connectivity index (χ2v) is 6.71. The molecule has 0 bridgehead atoms. The maximum Gasteiger partial charge on any atom is 0.0203 e. The Labute approximate surface area is 111 Å². The highest BCUT2D eigenvalue weighted by atomic mass is 15.2. The van der Waals surface area contributed by atoms with Gasteiger partial charge in [-0.1, -0.05) is 55.4 Å². The van der Waals surface area contributed by atoms with Crippen LogP contribution in [0, 0.1) is 17.3 Å². The normalized spacial score (nSPS) is 13.1. The Morgan fingerprint density at radius 3 is 1.47 bits per heavy atom. The van der Waals surface area contributed by atoms with E-state index in [2.05, 4.69) is 67.3 Å². The first kappa shape index (κ1) is 19.3. The van der Waals surface area contributed by atoms with Crippen LogP contribution in [0.3, 0.4) is 0 Å². The van der Waals surface area contributed by atoms with Crippen LogP contribution in [-0.2, 0) is 0 Å². The van der Waals surface area contributed by atoms with Gasteiger partial charge in [-0.3, -0.25) is 0 Å². The summed E-state index contributed by atoms with van der Waals surface area (Å²) < 4.78 is 0. The third kappa shape index (κ3) is 4.99. The first-order valence-corrected chi connectivity index (χ1v) is 7.24. The molecule has 106 valence electrons. The van der Waals surface area contributed by atoms with Gasteiger partial charge in [0.25, 0.3) is 0 Å². The van der Waals surface area contributed by atoms with Gasteiger partial charge in [0.15, 0.2) is 0 Å². The minimum atomic E-state index is 0.242. The Kier molecular flexibility index (Phi) is 8.41. The molecule has 1 heteroatoms. The molecule has 0 aliphatic carbocycles. The van der Waals surface area contributed by atoms with Gasteiger partial charge in [-0.2, -0.15) is 0 Å². The zero-order valence-electron chi connectivity index (χ0n) is 14.3. The molecule has 0 aliphatic rings. The summed E-state index contributed by atoms with van der Waals surface area (Å²) in [5.41, 5.74) is 0.572. The molecule has 1 nitrogen and oxygen atoms in total. The van der Waals surface area contributed by atoms with Crippen LogP contribution in [-0.4, -0.2) is 24.0 Å². The van der Waals surface area contributed by atoms with Crippen LogP contribution in [0.2, 0.25) is 0 Å². The fourth-order valence-electron chi connectivity index (χ4n) is 1.97. The molecule has 0 N–H and O–H groups in total. The molecule has 0 spiro atoms. The molecule has 0 aromatic rings. The molecule has 0 fully saturated rings. The van der Waals surface area contributed by atoms with Gasteiger partial charge >= 0.3 is 0 Å². The average Bonchev–Trinajstić information content (AvgIpc) is 2.19. The van der Waals surface area contributed by atoms with Crippen molar-refractivity contribution in [3.8, 4) is 0 Å². The zero-order chi connectivity index (χ0) is 14.4. The van der Waals surface area contributed by atoms with Gasteiger partial charge in [0.1, 0.15) is 0 Å². The molecule has 0 radical (unpaired) electrons. The number of nitrogens with zero attached hydrogens (tertiary/aromatic N) is 1. The maximum absolute atomic E-state index is 2.51. The molecule has 0 amide bonds. The maximum atomic E-state index is 2.51. The molecule has 0 aromatic heterocycles. The SMILES string of the molecule is CC.CC(C)CN(C)C(C)(C)C(C)(C)C(C)C. The molecule has 0 unspecified atom stereocenters. The van der Waals surface area contributed by atoms with Crippen molar-refractivity contribution in [1.29, 1.82) is 0 Å². The smallest absolute Gasteiger partial charge is 0.0203 e. The quantitative estimate of drug-likeness (QED) is 0.652. The fourth-order valence-corrected chi connectivity index (χ4v) is 1.97. The summed E-state index contributed by atoms with van der Waals surface area (Å²) in [4.78, 5) is 2.51. The lowest BCUT2D eigenvalue weighted by Gasteiger charge is -2.51. The van der Waals surface area contributed by atoms with E-state index >= 15 is 0 Å².